The average molecular weight is 200 g/mol. The van der Waals surface area contributed by atoms with Crippen molar-refractivity contribution in [3.05, 3.63) is 0 Å². The number of rotatable bonds is 7. The Morgan fingerprint density at radius 3 is 2.79 bits per heavy atom. The molecule has 1 atom stereocenters. The maximum Gasteiger partial charge on any atom is 0.305 e. The van der Waals surface area contributed by atoms with Gasteiger partial charge in [0.25, 0.3) is 0 Å². The molecule has 0 saturated heterocycles. The molecule has 0 aliphatic heterocycles. The molecule has 14 heavy (non-hydrogen) atoms. The fourth-order valence-electron chi connectivity index (χ4n) is 0.847. The van der Waals surface area contributed by atoms with Crippen molar-refractivity contribution in [1.29, 1.82) is 0 Å². The predicted molar refractivity (Wildman–Crippen MR) is 51.4 cm³/mol. The minimum atomic E-state index is -0.389. The van der Waals surface area contributed by atoms with Crippen molar-refractivity contribution in [2.75, 3.05) is 20.5 Å². The smallest absolute Gasteiger partial charge is 0.305 e. The van der Waals surface area contributed by atoms with E-state index in [1.807, 2.05) is 0 Å². The summed E-state index contributed by atoms with van der Waals surface area (Å²) in [6, 6.07) is 0. The average Bonchev–Trinajstić information content (AvgIpc) is 2.19. The minimum Gasteiger partial charge on any atom is -0.466 e. The van der Waals surface area contributed by atoms with Crippen molar-refractivity contribution in [2.45, 2.75) is 25.9 Å². The van der Waals surface area contributed by atoms with Crippen LogP contribution in [0.4, 0.5) is 0 Å². The first-order valence-corrected chi connectivity index (χ1v) is 4.46. The number of ether oxygens (including phenoxy) is 3. The molecule has 80 valence electrons. The van der Waals surface area contributed by atoms with Gasteiger partial charge in [-0.25, -0.2) is 0 Å². The van der Waals surface area contributed by atoms with E-state index in [9.17, 15) is 4.79 Å². The lowest BCUT2D eigenvalue weighted by atomic mass is 10.2. The monoisotopic (exact) mass is 200 g/mol. The lowest BCUT2D eigenvalue weighted by Crippen LogP contribution is -2.15. The minimum absolute atomic E-state index is 0.137. The zero-order valence-corrected chi connectivity index (χ0v) is 8.62. The van der Waals surface area contributed by atoms with Crippen LogP contribution in [-0.2, 0) is 19.0 Å². The Balaban J connectivity index is 3.62. The predicted octanol–water partition coefficient (Wildman–Crippen LogP) is 0.952. The third-order valence-electron chi connectivity index (χ3n) is 1.49. The van der Waals surface area contributed by atoms with Gasteiger partial charge in [-0.3, -0.25) is 4.79 Å². The normalized spacial score (nSPS) is 11.8. The summed E-state index contributed by atoms with van der Waals surface area (Å²) in [7, 11) is 1.51. The zero-order chi connectivity index (χ0) is 10.8. The van der Waals surface area contributed by atoms with Crippen molar-refractivity contribution in [3.63, 3.8) is 0 Å². The van der Waals surface area contributed by atoms with E-state index >= 15 is 0 Å². The summed E-state index contributed by atoms with van der Waals surface area (Å²) < 4.78 is 14.5. The van der Waals surface area contributed by atoms with E-state index in [0.29, 0.717) is 13.0 Å². The van der Waals surface area contributed by atoms with Gasteiger partial charge < -0.3 is 14.2 Å². The molecule has 0 amide bonds. The number of carbonyl (C=O) groups excluding carboxylic acids is 1. The second-order valence-corrected chi connectivity index (χ2v) is 2.57. The lowest BCUT2D eigenvalue weighted by Gasteiger charge is -2.10. The Morgan fingerprint density at radius 1 is 1.57 bits per heavy atom. The van der Waals surface area contributed by atoms with Gasteiger partial charge in [-0.2, -0.15) is 0 Å². The number of methoxy groups -OCH3 is 1. The van der Waals surface area contributed by atoms with Gasteiger partial charge in [-0.15, -0.1) is 6.42 Å². The first-order chi connectivity index (χ1) is 6.74. The van der Waals surface area contributed by atoms with Crippen molar-refractivity contribution in [2.24, 2.45) is 0 Å². The van der Waals surface area contributed by atoms with Gasteiger partial charge in [0.1, 0.15) is 12.9 Å². The molecule has 4 heteroatoms. The molecular formula is C10H16O4. The zero-order valence-electron chi connectivity index (χ0n) is 8.62. The highest BCUT2D eigenvalue weighted by atomic mass is 16.7. The summed E-state index contributed by atoms with van der Waals surface area (Å²) in [5.74, 6) is 2.17. The Kier molecular flexibility index (Phi) is 7.90. The Morgan fingerprint density at radius 2 is 2.29 bits per heavy atom. The van der Waals surface area contributed by atoms with E-state index in [1.165, 1.54) is 7.11 Å². The number of hydrogen-bond acceptors (Lipinski definition) is 4. The van der Waals surface area contributed by atoms with Crippen LogP contribution in [0.5, 0.6) is 0 Å². The summed E-state index contributed by atoms with van der Waals surface area (Å²) in [5.41, 5.74) is 0. The first-order valence-electron chi connectivity index (χ1n) is 4.46. The van der Waals surface area contributed by atoms with E-state index in [4.69, 9.17) is 20.6 Å². The summed E-state index contributed by atoms with van der Waals surface area (Å²) in [6.45, 7) is 2.29. The molecule has 0 aromatic heterocycles. The van der Waals surface area contributed by atoms with Crippen LogP contribution in [-0.4, -0.2) is 32.6 Å². The van der Waals surface area contributed by atoms with Gasteiger partial charge in [0.15, 0.2) is 0 Å². The maximum atomic E-state index is 11.0. The number of esters is 1. The molecule has 0 radical (unpaired) electrons. The van der Waals surface area contributed by atoms with Crippen LogP contribution in [0.25, 0.3) is 0 Å². The molecule has 0 aromatic rings. The van der Waals surface area contributed by atoms with Crippen molar-refractivity contribution >= 4 is 5.97 Å². The van der Waals surface area contributed by atoms with Crippen LogP contribution in [0, 0.1) is 12.3 Å². The van der Waals surface area contributed by atoms with Crippen LogP contribution in [0.3, 0.4) is 0 Å². The fourth-order valence-corrected chi connectivity index (χ4v) is 0.847. The second-order valence-electron chi connectivity index (χ2n) is 2.57. The van der Waals surface area contributed by atoms with Crippen LogP contribution in [0.15, 0.2) is 0 Å². The summed E-state index contributed by atoms with van der Waals surface area (Å²) in [4.78, 5) is 11.0. The molecule has 4 nitrogen and oxygen atoms in total. The van der Waals surface area contributed by atoms with Gasteiger partial charge in [0, 0.05) is 13.5 Å². The number of carbonyl (C=O) groups is 1. The molecule has 0 spiro atoms. The number of terminal acetylenes is 1. The van der Waals surface area contributed by atoms with Gasteiger partial charge in [-0.1, -0.05) is 5.92 Å². The topological polar surface area (TPSA) is 44.8 Å². The van der Waals surface area contributed by atoms with Crippen molar-refractivity contribution in [3.8, 4) is 12.3 Å². The van der Waals surface area contributed by atoms with E-state index in [-0.39, 0.29) is 25.3 Å². The molecule has 0 rings (SSSR count). The third kappa shape index (κ3) is 6.46. The number of hydrogen-bond donors (Lipinski definition) is 0. The van der Waals surface area contributed by atoms with Gasteiger partial charge in [0.05, 0.1) is 6.61 Å². The van der Waals surface area contributed by atoms with Gasteiger partial charge in [-0.05, 0) is 13.3 Å². The molecule has 0 heterocycles. The maximum absolute atomic E-state index is 11.0. The van der Waals surface area contributed by atoms with Crippen LogP contribution < -0.4 is 0 Å². The summed E-state index contributed by atoms with van der Waals surface area (Å²) >= 11 is 0. The lowest BCUT2D eigenvalue weighted by molar-refractivity contribution is -0.144. The van der Waals surface area contributed by atoms with Gasteiger partial charge >= 0.3 is 5.97 Å². The third-order valence-corrected chi connectivity index (χ3v) is 1.49. The second kappa shape index (κ2) is 8.54. The molecule has 0 bridgehead atoms. The van der Waals surface area contributed by atoms with Crippen LogP contribution in [0.1, 0.15) is 19.8 Å². The molecule has 0 fully saturated rings. The molecular weight excluding hydrogens is 184 g/mol. The highest BCUT2D eigenvalue weighted by Gasteiger charge is 2.09. The highest BCUT2D eigenvalue weighted by Crippen LogP contribution is 2.02. The standard InChI is InChI=1S/C10H16O4/c1-4-9(14-8-12-3)6-7-10(11)13-5-2/h1,9H,5-8H2,2-3H3. The van der Waals surface area contributed by atoms with Crippen LogP contribution in [0.2, 0.25) is 0 Å². The van der Waals surface area contributed by atoms with Crippen molar-refractivity contribution in [1.82, 2.24) is 0 Å². The molecule has 0 saturated carbocycles. The van der Waals surface area contributed by atoms with Gasteiger partial charge in [0.2, 0.25) is 0 Å². The molecule has 0 N–H and O–H groups in total. The van der Waals surface area contributed by atoms with E-state index in [1.54, 1.807) is 6.92 Å². The summed E-state index contributed by atoms with van der Waals surface area (Å²) in [5, 5.41) is 0. The molecule has 0 aliphatic carbocycles. The van der Waals surface area contributed by atoms with Crippen LogP contribution >= 0.6 is 0 Å². The fraction of sp³-hybridized carbons (Fsp3) is 0.700. The first kappa shape index (κ1) is 12.9. The Labute approximate surface area is 84.5 Å². The quantitative estimate of drug-likeness (QED) is 0.349. The Hall–Kier alpha value is -1.05. The Bertz CT molecular complexity index is 195. The molecule has 0 aliphatic rings. The molecule has 0 aromatic carbocycles. The van der Waals surface area contributed by atoms with E-state index < -0.39 is 0 Å². The van der Waals surface area contributed by atoms with Crippen molar-refractivity contribution < 1.29 is 19.0 Å². The summed E-state index contributed by atoms with van der Waals surface area (Å²) in [6.07, 6.45) is 5.53. The highest BCUT2D eigenvalue weighted by molar-refractivity contribution is 5.69. The van der Waals surface area contributed by atoms with E-state index in [0.717, 1.165) is 0 Å². The van der Waals surface area contributed by atoms with E-state index in [2.05, 4.69) is 5.92 Å². The SMILES string of the molecule is C#CC(CCC(=O)OCC)OCOC. The molecule has 1 unspecified atom stereocenters. The largest absolute Gasteiger partial charge is 0.466 e.